The van der Waals surface area contributed by atoms with Crippen LogP contribution in [-0.2, 0) is 19.6 Å². The number of aryl methyl sites for hydroxylation is 2. The minimum Gasteiger partial charge on any atom is -0.341 e. The molecule has 0 aliphatic heterocycles. The Hall–Kier alpha value is -1.59. The smallest absolute Gasteiger partial charge is 0.0739 e. The van der Waals surface area contributed by atoms with Crippen molar-refractivity contribution in [3.63, 3.8) is 0 Å². The Morgan fingerprint density at radius 3 is 2.81 bits per heavy atom. The number of para-hydroxylation sites is 1. The Labute approximate surface area is 132 Å². The highest BCUT2D eigenvalue weighted by molar-refractivity contribution is 9.10. The van der Waals surface area contributed by atoms with Crippen LogP contribution in [0.25, 0.3) is 10.9 Å². The summed E-state index contributed by atoms with van der Waals surface area (Å²) in [5, 5.41) is 5.79. The maximum Gasteiger partial charge on any atom is 0.0739 e. The predicted molar refractivity (Wildman–Crippen MR) is 89.3 cm³/mol. The predicted octanol–water partition coefficient (Wildman–Crippen LogP) is 3.44. The van der Waals surface area contributed by atoms with Crippen molar-refractivity contribution in [1.29, 1.82) is 0 Å². The van der Waals surface area contributed by atoms with Gasteiger partial charge in [0, 0.05) is 19.3 Å². The maximum absolute atomic E-state index is 5.89. The average Bonchev–Trinajstić information content (AvgIpc) is 3.03. The van der Waals surface area contributed by atoms with Crippen molar-refractivity contribution < 1.29 is 0 Å². The molecule has 5 heteroatoms. The molecule has 0 aliphatic carbocycles. The molecule has 2 aromatic heterocycles. The zero-order valence-corrected chi connectivity index (χ0v) is 13.9. The van der Waals surface area contributed by atoms with Crippen molar-refractivity contribution in [2.45, 2.75) is 33.5 Å². The third-order valence-electron chi connectivity index (χ3n) is 3.86. The van der Waals surface area contributed by atoms with E-state index in [0.29, 0.717) is 6.54 Å². The Balaban J connectivity index is 2.11. The van der Waals surface area contributed by atoms with Gasteiger partial charge in [-0.2, -0.15) is 5.10 Å². The van der Waals surface area contributed by atoms with Crippen LogP contribution < -0.4 is 5.73 Å². The summed E-state index contributed by atoms with van der Waals surface area (Å²) >= 11 is 3.67. The van der Waals surface area contributed by atoms with Gasteiger partial charge in [-0.05, 0) is 46.8 Å². The van der Waals surface area contributed by atoms with E-state index in [1.165, 1.54) is 22.2 Å². The molecule has 0 spiro atoms. The van der Waals surface area contributed by atoms with E-state index in [2.05, 4.69) is 67.7 Å². The molecular weight excluding hydrogens is 328 g/mol. The first-order valence-electron chi connectivity index (χ1n) is 7.14. The van der Waals surface area contributed by atoms with Crippen LogP contribution in [0.4, 0.5) is 0 Å². The number of hydrogen-bond donors (Lipinski definition) is 1. The zero-order chi connectivity index (χ0) is 15.0. The normalized spacial score (nSPS) is 11.4. The number of benzene rings is 1. The third kappa shape index (κ3) is 2.40. The minimum absolute atomic E-state index is 0.550. The second-order valence-corrected chi connectivity index (χ2v) is 5.96. The van der Waals surface area contributed by atoms with E-state index in [-0.39, 0.29) is 0 Å². The van der Waals surface area contributed by atoms with Crippen LogP contribution in [0.5, 0.6) is 0 Å². The van der Waals surface area contributed by atoms with Crippen molar-refractivity contribution >= 4 is 26.8 Å². The molecule has 3 aromatic rings. The fraction of sp³-hybridized carbons (Fsp3) is 0.312. The summed E-state index contributed by atoms with van der Waals surface area (Å²) < 4.78 is 5.40. The Morgan fingerprint density at radius 2 is 2.10 bits per heavy atom. The van der Waals surface area contributed by atoms with E-state index >= 15 is 0 Å². The number of nitrogens with two attached hydrogens (primary N) is 1. The maximum atomic E-state index is 5.89. The monoisotopic (exact) mass is 346 g/mol. The Morgan fingerprint density at radius 1 is 1.29 bits per heavy atom. The molecule has 3 rings (SSSR count). The second-order valence-electron chi connectivity index (χ2n) is 5.16. The van der Waals surface area contributed by atoms with E-state index < -0.39 is 0 Å². The third-order valence-corrected chi connectivity index (χ3v) is 4.90. The summed E-state index contributed by atoms with van der Waals surface area (Å²) in [7, 11) is 0. The van der Waals surface area contributed by atoms with Crippen molar-refractivity contribution in [1.82, 2.24) is 14.3 Å². The molecule has 1 aromatic carbocycles. The summed E-state index contributed by atoms with van der Waals surface area (Å²) in [6, 6.07) is 8.42. The molecule has 2 heterocycles. The molecular formula is C16H19BrN4. The zero-order valence-electron chi connectivity index (χ0n) is 12.3. The highest BCUT2D eigenvalue weighted by Crippen LogP contribution is 2.25. The van der Waals surface area contributed by atoms with Crippen LogP contribution >= 0.6 is 15.9 Å². The van der Waals surface area contributed by atoms with Crippen LogP contribution in [0.1, 0.15) is 23.9 Å². The summed E-state index contributed by atoms with van der Waals surface area (Å²) in [4.78, 5) is 0. The molecule has 0 saturated carbocycles. The van der Waals surface area contributed by atoms with Gasteiger partial charge in [-0.25, -0.2) is 0 Å². The fourth-order valence-electron chi connectivity index (χ4n) is 2.82. The number of fused-ring (bicyclic) bond motifs is 1. The van der Waals surface area contributed by atoms with Crippen molar-refractivity contribution in [3.05, 3.63) is 51.9 Å². The molecule has 0 unspecified atom stereocenters. The van der Waals surface area contributed by atoms with Crippen molar-refractivity contribution in [2.75, 3.05) is 0 Å². The second kappa shape index (κ2) is 5.66. The van der Waals surface area contributed by atoms with Gasteiger partial charge in [-0.1, -0.05) is 18.2 Å². The molecule has 0 fully saturated rings. The van der Waals surface area contributed by atoms with Crippen molar-refractivity contribution in [2.24, 2.45) is 5.73 Å². The van der Waals surface area contributed by atoms with Gasteiger partial charge in [0.15, 0.2) is 0 Å². The number of hydrogen-bond acceptors (Lipinski definition) is 2. The molecule has 4 nitrogen and oxygen atoms in total. The molecule has 0 amide bonds. The van der Waals surface area contributed by atoms with E-state index in [1.807, 2.05) is 6.92 Å². The van der Waals surface area contributed by atoms with Gasteiger partial charge in [0.05, 0.1) is 27.9 Å². The summed E-state index contributed by atoms with van der Waals surface area (Å²) in [5.74, 6) is 0. The number of rotatable bonds is 4. The van der Waals surface area contributed by atoms with Crippen LogP contribution in [0.15, 0.2) is 34.9 Å². The Kier molecular flexibility index (Phi) is 3.87. The van der Waals surface area contributed by atoms with E-state index in [1.54, 1.807) is 0 Å². The van der Waals surface area contributed by atoms with Gasteiger partial charge in [-0.3, -0.25) is 4.68 Å². The van der Waals surface area contributed by atoms with Crippen molar-refractivity contribution in [3.8, 4) is 0 Å². The standard InChI is InChI=1S/C16H19BrN4/c1-3-21-14(15(17)11(2)19-21)10-20-8-7-12-5-4-6-13(9-18)16(12)20/h4-8H,3,9-10,18H2,1-2H3. The number of nitrogens with zero attached hydrogens (tertiary/aromatic N) is 3. The van der Waals surface area contributed by atoms with Gasteiger partial charge < -0.3 is 10.3 Å². The average molecular weight is 347 g/mol. The van der Waals surface area contributed by atoms with Crippen LogP contribution in [0.2, 0.25) is 0 Å². The van der Waals surface area contributed by atoms with Crippen LogP contribution in [0, 0.1) is 6.92 Å². The SMILES string of the molecule is CCn1nc(C)c(Br)c1Cn1ccc2cccc(CN)c21. The van der Waals surface area contributed by atoms with Gasteiger partial charge in [0.2, 0.25) is 0 Å². The lowest BCUT2D eigenvalue weighted by Gasteiger charge is -2.11. The van der Waals surface area contributed by atoms with Crippen LogP contribution in [-0.4, -0.2) is 14.3 Å². The van der Waals surface area contributed by atoms with Gasteiger partial charge in [0.1, 0.15) is 0 Å². The summed E-state index contributed by atoms with van der Waals surface area (Å²) in [6.07, 6.45) is 2.12. The highest BCUT2D eigenvalue weighted by atomic mass is 79.9. The lowest BCUT2D eigenvalue weighted by molar-refractivity contribution is 0.600. The highest BCUT2D eigenvalue weighted by Gasteiger charge is 2.14. The van der Waals surface area contributed by atoms with Gasteiger partial charge >= 0.3 is 0 Å². The van der Waals surface area contributed by atoms with E-state index in [4.69, 9.17) is 5.73 Å². The van der Waals surface area contributed by atoms with E-state index in [0.717, 1.165) is 23.3 Å². The molecule has 110 valence electrons. The molecule has 2 N–H and O–H groups in total. The van der Waals surface area contributed by atoms with Crippen LogP contribution in [0.3, 0.4) is 0 Å². The fourth-order valence-corrected chi connectivity index (χ4v) is 3.23. The molecule has 0 saturated heterocycles. The first-order valence-corrected chi connectivity index (χ1v) is 7.93. The van der Waals surface area contributed by atoms with E-state index in [9.17, 15) is 0 Å². The lowest BCUT2D eigenvalue weighted by Crippen LogP contribution is -2.09. The summed E-state index contributed by atoms with van der Waals surface area (Å²) in [5.41, 5.74) is 10.5. The number of halogens is 1. The molecule has 0 atom stereocenters. The quantitative estimate of drug-likeness (QED) is 0.786. The molecule has 21 heavy (non-hydrogen) atoms. The molecule has 0 bridgehead atoms. The topological polar surface area (TPSA) is 48.8 Å². The summed E-state index contributed by atoms with van der Waals surface area (Å²) in [6.45, 7) is 6.34. The molecule has 0 radical (unpaired) electrons. The first-order chi connectivity index (χ1) is 10.2. The first kappa shape index (κ1) is 14.4. The lowest BCUT2D eigenvalue weighted by atomic mass is 10.1. The van der Waals surface area contributed by atoms with Gasteiger partial charge in [-0.15, -0.1) is 0 Å². The largest absolute Gasteiger partial charge is 0.341 e. The number of aromatic nitrogens is 3. The Bertz CT molecular complexity index is 785. The minimum atomic E-state index is 0.550. The molecule has 0 aliphatic rings. The van der Waals surface area contributed by atoms with Gasteiger partial charge in [0.25, 0.3) is 0 Å².